The molecule has 0 amide bonds. The second-order valence-electron chi connectivity index (χ2n) is 5.90. The Labute approximate surface area is 125 Å². The summed E-state index contributed by atoms with van der Waals surface area (Å²) in [5.41, 5.74) is 2.38. The lowest BCUT2D eigenvalue weighted by Gasteiger charge is -2.28. The summed E-state index contributed by atoms with van der Waals surface area (Å²) in [6.07, 6.45) is 8.38. The number of nitrogens with zero attached hydrogens (tertiary/aromatic N) is 2. The van der Waals surface area contributed by atoms with Gasteiger partial charge >= 0.3 is 0 Å². The molecular weight excluding hydrogens is 262 g/mol. The monoisotopic (exact) mass is 285 g/mol. The molecule has 3 rings (SSSR count). The van der Waals surface area contributed by atoms with Gasteiger partial charge in [0.05, 0.1) is 5.69 Å². The van der Waals surface area contributed by atoms with Crippen molar-refractivity contribution in [3.05, 3.63) is 48.3 Å². The molecule has 0 radical (unpaired) electrons. The maximum absolute atomic E-state index is 9.18. The first-order valence-electron chi connectivity index (χ1n) is 7.78. The first-order valence-corrected chi connectivity index (χ1v) is 7.78. The van der Waals surface area contributed by atoms with Crippen molar-refractivity contribution >= 4 is 0 Å². The van der Waals surface area contributed by atoms with Crippen LogP contribution >= 0.6 is 0 Å². The summed E-state index contributed by atoms with van der Waals surface area (Å²) in [5.74, 6) is 0.520. The van der Waals surface area contributed by atoms with Gasteiger partial charge in [-0.2, -0.15) is 5.10 Å². The normalized spacial score (nSPS) is 22.3. The van der Waals surface area contributed by atoms with Crippen LogP contribution in [0.25, 0.3) is 5.69 Å². The number of benzene rings is 1. The van der Waals surface area contributed by atoms with Crippen LogP contribution in [-0.2, 0) is 6.54 Å². The Bertz CT molecular complexity index is 545. The van der Waals surface area contributed by atoms with Crippen LogP contribution in [0.5, 0.6) is 0 Å². The Balaban J connectivity index is 1.55. The first-order chi connectivity index (χ1) is 10.3. The zero-order valence-electron chi connectivity index (χ0n) is 12.3. The largest absolute Gasteiger partial charge is 0.396 e. The minimum Gasteiger partial charge on any atom is -0.396 e. The fraction of sp³-hybridized carbons (Fsp3) is 0.471. The van der Waals surface area contributed by atoms with Crippen LogP contribution in [0.3, 0.4) is 0 Å². The van der Waals surface area contributed by atoms with Crippen LogP contribution in [0.2, 0.25) is 0 Å². The molecule has 4 nitrogen and oxygen atoms in total. The summed E-state index contributed by atoms with van der Waals surface area (Å²) >= 11 is 0. The standard InChI is InChI=1S/C17H23N3O/c21-13-14-5-7-16(8-6-14)18-12-15-3-1-4-17(11-15)20-10-2-9-19-20/h1-4,9-11,14,16,18,21H,5-8,12-13H2. The summed E-state index contributed by atoms with van der Waals surface area (Å²) < 4.78 is 1.88. The van der Waals surface area contributed by atoms with Crippen molar-refractivity contribution in [2.24, 2.45) is 5.92 Å². The van der Waals surface area contributed by atoms with E-state index in [4.69, 9.17) is 0 Å². The summed E-state index contributed by atoms with van der Waals surface area (Å²) in [4.78, 5) is 0. The van der Waals surface area contributed by atoms with Crippen molar-refractivity contribution in [3.8, 4) is 5.69 Å². The van der Waals surface area contributed by atoms with Crippen LogP contribution in [0.4, 0.5) is 0 Å². The van der Waals surface area contributed by atoms with Crippen molar-refractivity contribution in [1.29, 1.82) is 0 Å². The lowest BCUT2D eigenvalue weighted by atomic mass is 9.86. The molecule has 21 heavy (non-hydrogen) atoms. The molecule has 1 heterocycles. The minimum absolute atomic E-state index is 0.346. The van der Waals surface area contributed by atoms with E-state index in [1.807, 2.05) is 16.9 Å². The Morgan fingerprint density at radius 2 is 2.05 bits per heavy atom. The van der Waals surface area contributed by atoms with Gasteiger partial charge in [0.1, 0.15) is 0 Å². The predicted octanol–water partition coefficient (Wildman–Crippen LogP) is 2.51. The van der Waals surface area contributed by atoms with E-state index in [-0.39, 0.29) is 0 Å². The van der Waals surface area contributed by atoms with Gasteiger partial charge in [0.15, 0.2) is 0 Å². The van der Waals surface area contributed by atoms with Gasteiger partial charge in [0, 0.05) is 31.6 Å². The van der Waals surface area contributed by atoms with Crippen molar-refractivity contribution in [2.45, 2.75) is 38.3 Å². The molecule has 0 bridgehead atoms. The van der Waals surface area contributed by atoms with Crippen molar-refractivity contribution < 1.29 is 5.11 Å². The molecule has 112 valence electrons. The molecule has 1 aromatic carbocycles. The molecular formula is C17H23N3O. The average Bonchev–Trinajstić information content (AvgIpc) is 3.08. The number of aromatic nitrogens is 2. The molecule has 0 aliphatic heterocycles. The van der Waals surface area contributed by atoms with Crippen LogP contribution in [-0.4, -0.2) is 27.5 Å². The van der Waals surface area contributed by atoms with E-state index in [0.29, 0.717) is 18.6 Å². The quantitative estimate of drug-likeness (QED) is 0.887. The van der Waals surface area contributed by atoms with Gasteiger partial charge in [-0.3, -0.25) is 0 Å². The third kappa shape index (κ3) is 3.71. The molecule has 0 spiro atoms. The predicted molar refractivity (Wildman–Crippen MR) is 83.2 cm³/mol. The summed E-state index contributed by atoms with van der Waals surface area (Å²) in [5, 5.41) is 17.1. The highest BCUT2D eigenvalue weighted by Gasteiger charge is 2.19. The highest BCUT2D eigenvalue weighted by atomic mass is 16.3. The van der Waals surface area contributed by atoms with E-state index in [2.05, 4.69) is 34.7 Å². The van der Waals surface area contributed by atoms with Gasteiger partial charge in [0.2, 0.25) is 0 Å². The number of aliphatic hydroxyl groups is 1. The van der Waals surface area contributed by atoms with Gasteiger partial charge in [0.25, 0.3) is 0 Å². The molecule has 1 saturated carbocycles. The SMILES string of the molecule is OCC1CCC(NCc2cccc(-n3cccn3)c2)CC1. The Hall–Kier alpha value is -1.65. The maximum atomic E-state index is 9.18. The third-order valence-corrected chi connectivity index (χ3v) is 4.38. The Morgan fingerprint density at radius 1 is 1.19 bits per heavy atom. The molecule has 4 heteroatoms. The number of hydrogen-bond acceptors (Lipinski definition) is 3. The fourth-order valence-electron chi connectivity index (χ4n) is 3.04. The van der Waals surface area contributed by atoms with E-state index in [9.17, 15) is 5.11 Å². The fourth-order valence-corrected chi connectivity index (χ4v) is 3.04. The third-order valence-electron chi connectivity index (χ3n) is 4.38. The van der Waals surface area contributed by atoms with Crippen LogP contribution in [0.15, 0.2) is 42.7 Å². The van der Waals surface area contributed by atoms with Crippen molar-refractivity contribution in [2.75, 3.05) is 6.61 Å². The lowest BCUT2D eigenvalue weighted by molar-refractivity contribution is 0.175. The van der Waals surface area contributed by atoms with Crippen LogP contribution in [0, 0.1) is 5.92 Å². The molecule has 2 aromatic rings. The Morgan fingerprint density at radius 3 is 2.76 bits per heavy atom. The second-order valence-corrected chi connectivity index (χ2v) is 5.90. The highest BCUT2D eigenvalue weighted by molar-refractivity contribution is 5.34. The maximum Gasteiger partial charge on any atom is 0.0648 e. The van der Waals surface area contributed by atoms with Gasteiger partial charge in [-0.05, 0) is 55.4 Å². The van der Waals surface area contributed by atoms with Crippen LogP contribution in [0.1, 0.15) is 31.2 Å². The molecule has 0 unspecified atom stereocenters. The van der Waals surface area contributed by atoms with E-state index in [1.54, 1.807) is 6.20 Å². The van der Waals surface area contributed by atoms with Gasteiger partial charge in [-0.25, -0.2) is 4.68 Å². The van der Waals surface area contributed by atoms with E-state index < -0.39 is 0 Å². The molecule has 1 fully saturated rings. The number of aliphatic hydroxyl groups excluding tert-OH is 1. The van der Waals surface area contributed by atoms with Crippen molar-refractivity contribution in [3.63, 3.8) is 0 Å². The first kappa shape index (κ1) is 14.3. The van der Waals surface area contributed by atoms with Gasteiger partial charge in [-0.15, -0.1) is 0 Å². The summed E-state index contributed by atoms with van der Waals surface area (Å²) in [6.45, 7) is 1.24. The smallest absolute Gasteiger partial charge is 0.0648 e. The molecule has 1 aliphatic carbocycles. The molecule has 1 aliphatic rings. The Kier molecular flexibility index (Phi) is 4.68. The number of hydrogen-bond donors (Lipinski definition) is 2. The average molecular weight is 285 g/mol. The van der Waals surface area contributed by atoms with Crippen LogP contribution < -0.4 is 5.32 Å². The molecule has 1 aromatic heterocycles. The number of nitrogens with one attached hydrogen (secondary N) is 1. The minimum atomic E-state index is 0.346. The zero-order chi connectivity index (χ0) is 14.5. The lowest BCUT2D eigenvalue weighted by Crippen LogP contribution is -2.33. The van der Waals surface area contributed by atoms with E-state index in [0.717, 1.165) is 25.1 Å². The molecule has 0 atom stereocenters. The van der Waals surface area contributed by atoms with Gasteiger partial charge < -0.3 is 10.4 Å². The molecule has 0 saturated heterocycles. The topological polar surface area (TPSA) is 50.1 Å². The van der Waals surface area contributed by atoms with E-state index in [1.165, 1.54) is 18.4 Å². The second kappa shape index (κ2) is 6.87. The number of rotatable bonds is 5. The van der Waals surface area contributed by atoms with Gasteiger partial charge in [-0.1, -0.05) is 12.1 Å². The molecule has 2 N–H and O–H groups in total. The summed E-state index contributed by atoms with van der Waals surface area (Å²) in [6, 6.07) is 11.0. The van der Waals surface area contributed by atoms with Crippen molar-refractivity contribution in [1.82, 2.24) is 15.1 Å². The summed E-state index contributed by atoms with van der Waals surface area (Å²) in [7, 11) is 0. The highest BCUT2D eigenvalue weighted by Crippen LogP contribution is 2.24. The van der Waals surface area contributed by atoms with E-state index >= 15 is 0 Å². The zero-order valence-corrected chi connectivity index (χ0v) is 12.3.